The van der Waals surface area contributed by atoms with Gasteiger partial charge in [-0.3, -0.25) is 9.59 Å². The molecule has 0 amide bonds. The van der Waals surface area contributed by atoms with E-state index in [4.69, 9.17) is 0 Å². The molecule has 1 aliphatic rings. The molecule has 0 radical (unpaired) electrons. The molecular formula is C25H18O2. The molecule has 0 bridgehead atoms. The Bertz CT molecular complexity index is 1090. The van der Waals surface area contributed by atoms with Crippen LogP contribution < -0.4 is 0 Å². The Labute approximate surface area is 158 Å². The predicted octanol–water partition coefficient (Wildman–Crippen LogP) is 5.36. The van der Waals surface area contributed by atoms with Gasteiger partial charge in [0.25, 0.3) is 0 Å². The molecule has 1 aliphatic carbocycles. The van der Waals surface area contributed by atoms with E-state index < -0.39 is 0 Å². The van der Waals surface area contributed by atoms with Gasteiger partial charge in [-0.15, -0.1) is 0 Å². The fraction of sp³-hybridized carbons (Fsp3) is 0.0400. The maximum absolute atomic E-state index is 12.8. The Hall–Kier alpha value is -3.52. The third-order valence-corrected chi connectivity index (χ3v) is 4.83. The lowest BCUT2D eigenvalue weighted by molar-refractivity contribution is 0.0979. The number of allylic oxidation sites excluding steroid dienone is 1. The second kappa shape index (κ2) is 7.00. The van der Waals surface area contributed by atoms with Crippen LogP contribution in [0, 0.1) is 0 Å². The minimum Gasteiger partial charge on any atom is -0.289 e. The van der Waals surface area contributed by atoms with Crippen molar-refractivity contribution in [3.8, 4) is 0 Å². The summed E-state index contributed by atoms with van der Waals surface area (Å²) in [7, 11) is 0. The summed E-state index contributed by atoms with van der Waals surface area (Å²) < 4.78 is 0. The smallest absolute Gasteiger partial charge is 0.194 e. The normalized spacial score (nSPS) is 12.7. The summed E-state index contributed by atoms with van der Waals surface area (Å²) in [6.45, 7) is 3.75. The van der Waals surface area contributed by atoms with Crippen molar-refractivity contribution in [1.82, 2.24) is 0 Å². The second-order valence-electron chi connectivity index (χ2n) is 6.56. The predicted molar refractivity (Wildman–Crippen MR) is 109 cm³/mol. The lowest BCUT2D eigenvalue weighted by Crippen LogP contribution is -2.20. The van der Waals surface area contributed by atoms with Gasteiger partial charge in [-0.05, 0) is 29.2 Å². The van der Waals surface area contributed by atoms with Gasteiger partial charge in [0.05, 0.1) is 0 Å². The molecule has 0 N–H and O–H groups in total. The standard InChI is InChI=1S/C25H18O2/c1-2-17-10-12-18(13-11-17)6-5-7-19-14-15-22-23(16-19)25(27)21-9-4-3-8-20(21)24(22)26/h2-6,8-16H,1,7H2/b6-5+. The first-order valence-corrected chi connectivity index (χ1v) is 8.88. The molecule has 0 spiro atoms. The van der Waals surface area contributed by atoms with Crippen molar-refractivity contribution in [3.63, 3.8) is 0 Å². The third kappa shape index (κ3) is 3.18. The summed E-state index contributed by atoms with van der Waals surface area (Å²) in [5, 5.41) is 0. The number of hydrogen-bond donors (Lipinski definition) is 0. The lowest BCUT2D eigenvalue weighted by Gasteiger charge is -2.17. The number of hydrogen-bond acceptors (Lipinski definition) is 2. The molecule has 3 aromatic rings. The summed E-state index contributed by atoms with van der Waals surface area (Å²) in [6, 6.07) is 20.7. The molecule has 0 aliphatic heterocycles. The summed E-state index contributed by atoms with van der Waals surface area (Å²) >= 11 is 0. The topological polar surface area (TPSA) is 34.1 Å². The first-order valence-electron chi connectivity index (χ1n) is 8.88. The summed E-state index contributed by atoms with van der Waals surface area (Å²) in [5.74, 6) is -0.157. The highest BCUT2D eigenvalue weighted by molar-refractivity contribution is 6.28. The number of fused-ring (bicyclic) bond motifs is 2. The quantitative estimate of drug-likeness (QED) is 0.496. The molecule has 0 aromatic heterocycles. The zero-order valence-corrected chi connectivity index (χ0v) is 14.8. The van der Waals surface area contributed by atoms with Crippen molar-refractivity contribution < 1.29 is 9.59 Å². The number of carbonyl (C=O) groups is 2. The molecule has 0 heterocycles. The average Bonchev–Trinajstić information content (AvgIpc) is 2.72. The van der Waals surface area contributed by atoms with Crippen molar-refractivity contribution in [2.75, 3.05) is 0 Å². The minimum absolute atomic E-state index is 0.0777. The Kier molecular flexibility index (Phi) is 4.39. The molecule has 0 saturated heterocycles. The van der Waals surface area contributed by atoms with Gasteiger partial charge in [0.2, 0.25) is 0 Å². The van der Waals surface area contributed by atoms with Gasteiger partial charge >= 0.3 is 0 Å². The molecule has 27 heavy (non-hydrogen) atoms. The largest absolute Gasteiger partial charge is 0.289 e. The molecule has 4 rings (SSSR count). The first kappa shape index (κ1) is 16.9. The van der Waals surface area contributed by atoms with Gasteiger partial charge in [-0.1, -0.05) is 85.5 Å². The Balaban J connectivity index is 1.57. The number of ketones is 2. The maximum atomic E-state index is 12.8. The van der Waals surface area contributed by atoms with E-state index in [0.717, 1.165) is 16.7 Å². The van der Waals surface area contributed by atoms with E-state index in [-0.39, 0.29) is 11.6 Å². The van der Waals surface area contributed by atoms with Crippen LogP contribution in [0.2, 0.25) is 0 Å². The van der Waals surface area contributed by atoms with Gasteiger partial charge in [-0.2, -0.15) is 0 Å². The van der Waals surface area contributed by atoms with Crippen LogP contribution in [0.1, 0.15) is 48.5 Å². The fourth-order valence-corrected chi connectivity index (χ4v) is 3.35. The Morgan fingerprint density at radius 3 is 1.96 bits per heavy atom. The van der Waals surface area contributed by atoms with Crippen LogP contribution in [0.4, 0.5) is 0 Å². The minimum atomic E-state index is -0.0791. The summed E-state index contributed by atoms with van der Waals surface area (Å²) in [5.41, 5.74) is 5.18. The van der Waals surface area contributed by atoms with Crippen LogP contribution in [0.5, 0.6) is 0 Å². The van der Waals surface area contributed by atoms with E-state index in [0.29, 0.717) is 28.7 Å². The van der Waals surface area contributed by atoms with Gasteiger partial charge < -0.3 is 0 Å². The van der Waals surface area contributed by atoms with E-state index in [1.807, 2.05) is 42.5 Å². The van der Waals surface area contributed by atoms with E-state index in [1.54, 1.807) is 30.3 Å². The Morgan fingerprint density at radius 2 is 1.30 bits per heavy atom. The highest BCUT2D eigenvalue weighted by Gasteiger charge is 2.29. The first-order chi connectivity index (χ1) is 13.2. The highest BCUT2D eigenvalue weighted by atomic mass is 16.1. The second-order valence-corrected chi connectivity index (χ2v) is 6.56. The third-order valence-electron chi connectivity index (χ3n) is 4.83. The van der Waals surface area contributed by atoms with Gasteiger partial charge in [0, 0.05) is 22.3 Å². The van der Waals surface area contributed by atoms with Crippen molar-refractivity contribution in [2.24, 2.45) is 0 Å². The summed E-state index contributed by atoms with van der Waals surface area (Å²) in [6.07, 6.45) is 6.62. The zero-order valence-electron chi connectivity index (χ0n) is 14.8. The number of benzene rings is 3. The molecule has 3 aromatic carbocycles. The summed E-state index contributed by atoms with van der Waals surface area (Å²) in [4.78, 5) is 25.4. The van der Waals surface area contributed by atoms with Crippen molar-refractivity contribution >= 4 is 23.7 Å². The Morgan fingerprint density at radius 1 is 0.704 bits per heavy atom. The van der Waals surface area contributed by atoms with Crippen LogP contribution in [0.15, 0.2) is 79.4 Å². The van der Waals surface area contributed by atoms with Crippen LogP contribution in [0.3, 0.4) is 0 Å². The molecule has 0 unspecified atom stereocenters. The van der Waals surface area contributed by atoms with Gasteiger partial charge in [0.15, 0.2) is 11.6 Å². The fourth-order valence-electron chi connectivity index (χ4n) is 3.35. The van der Waals surface area contributed by atoms with Gasteiger partial charge in [0.1, 0.15) is 0 Å². The lowest BCUT2D eigenvalue weighted by atomic mass is 9.83. The van der Waals surface area contributed by atoms with E-state index >= 15 is 0 Å². The monoisotopic (exact) mass is 350 g/mol. The average molecular weight is 350 g/mol. The van der Waals surface area contributed by atoms with Gasteiger partial charge in [-0.25, -0.2) is 0 Å². The molecule has 0 atom stereocenters. The maximum Gasteiger partial charge on any atom is 0.194 e. The molecule has 2 nitrogen and oxygen atoms in total. The SMILES string of the molecule is C=Cc1ccc(/C=C/Cc2ccc3c(c2)C(=O)c2ccccc2C3=O)cc1. The molecule has 0 saturated carbocycles. The van der Waals surface area contributed by atoms with Crippen LogP contribution in [0.25, 0.3) is 12.2 Å². The number of carbonyl (C=O) groups excluding carboxylic acids is 2. The van der Waals surface area contributed by atoms with E-state index in [9.17, 15) is 9.59 Å². The number of rotatable bonds is 4. The van der Waals surface area contributed by atoms with Crippen LogP contribution in [-0.4, -0.2) is 11.6 Å². The van der Waals surface area contributed by atoms with E-state index in [2.05, 4.69) is 18.7 Å². The molecular weight excluding hydrogens is 332 g/mol. The molecule has 130 valence electrons. The van der Waals surface area contributed by atoms with E-state index in [1.165, 1.54) is 0 Å². The highest BCUT2D eigenvalue weighted by Crippen LogP contribution is 2.28. The molecule has 0 fully saturated rings. The van der Waals surface area contributed by atoms with Crippen molar-refractivity contribution in [1.29, 1.82) is 0 Å². The van der Waals surface area contributed by atoms with Crippen molar-refractivity contribution in [2.45, 2.75) is 6.42 Å². The van der Waals surface area contributed by atoms with Crippen LogP contribution in [-0.2, 0) is 6.42 Å². The zero-order chi connectivity index (χ0) is 18.8. The van der Waals surface area contributed by atoms with Crippen molar-refractivity contribution in [3.05, 3.63) is 118 Å². The van der Waals surface area contributed by atoms with Crippen LogP contribution >= 0.6 is 0 Å². The molecule has 2 heteroatoms.